The maximum absolute atomic E-state index is 12.3. The highest BCUT2D eigenvalue weighted by Crippen LogP contribution is 2.27. The van der Waals surface area contributed by atoms with E-state index in [-0.39, 0.29) is 12.1 Å². The van der Waals surface area contributed by atoms with E-state index in [1.165, 1.54) is 11.1 Å². The van der Waals surface area contributed by atoms with Gasteiger partial charge in [0.2, 0.25) is 0 Å². The second-order valence-electron chi connectivity index (χ2n) is 7.69. The van der Waals surface area contributed by atoms with Gasteiger partial charge in [0, 0.05) is 25.7 Å². The Kier molecular flexibility index (Phi) is 5.76. The Hall–Kier alpha value is -2.60. The molecule has 0 radical (unpaired) electrons. The molecule has 2 heterocycles. The number of carbonyl (C=O) groups excluding carboxylic acids is 2. The summed E-state index contributed by atoms with van der Waals surface area (Å²) in [6, 6.07) is 12.3. The van der Waals surface area contributed by atoms with E-state index in [9.17, 15) is 9.59 Å². The van der Waals surface area contributed by atoms with Crippen molar-refractivity contribution in [3.8, 4) is 0 Å². The van der Waals surface area contributed by atoms with Crippen LogP contribution < -0.4 is 10.6 Å². The second-order valence-corrected chi connectivity index (χ2v) is 7.69. The van der Waals surface area contributed by atoms with Crippen molar-refractivity contribution in [2.24, 2.45) is 0 Å². The molecule has 1 aliphatic carbocycles. The van der Waals surface area contributed by atoms with Crippen LogP contribution in [0.1, 0.15) is 48.6 Å². The SMILES string of the molecule is O=C(NC[C@@H](c1ccco1)N1CCc2ccccc2C1)C(=O)NC1CCCC1. The van der Waals surface area contributed by atoms with Gasteiger partial charge in [0.15, 0.2) is 0 Å². The Labute approximate surface area is 165 Å². The quantitative estimate of drug-likeness (QED) is 0.781. The highest BCUT2D eigenvalue weighted by molar-refractivity contribution is 6.35. The molecule has 1 aromatic carbocycles. The number of nitrogens with one attached hydrogen (secondary N) is 2. The molecular formula is C22H27N3O3. The van der Waals surface area contributed by atoms with Gasteiger partial charge >= 0.3 is 11.8 Å². The molecule has 1 aromatic heterocycles. The smallest absolute Gasteiger partial charge is 0.309 e. The molecule has 2 amide bonds. The Bertz CT molecular complexity index is 812. The molecule has 2 aliphatic rings. The zero-order chi connectivity index (χ0) is 19.3. The van der Waals surface area contributed by atoms with Crippen LogP contribution in [-0.2, 0) is 22.6 Å². The zero-order valence-corrected chi connectivity index (χ0v) is 16.0. The van der Waals surface area contributed by atoms with Crippen molar-refractivity contribution in [1.29, 1.82) is 0 Å². The first-order valence-electron chi connectivity index (χ1n) is 10.1. The fourth-order valence-corrected chi connectivity index (χ4v) is 4.26. The summed E-state index contributed by atoms with van der Waals surface area (Å²) in [7, 11) is 0. The third kappa shape index (κ3) is 4.28. The fraction of sp³-hybridized carbons (Fsp3) is 0.455. The van der Waals surface area contributed by atoms with Gasteiger partial charge in [-0.2, -0.15) is 0 Å². The number of amides is 2. The van der Waals surface area contributed by atoms with Gasteiger partial charge in [-0.25, -0.2) is 0 Å². The highest BCUT2D eigenvalue weighted by atomic mass is 16.3. The Morgan fingerprint density at radius 2 is 1.86 bits per heavy atom. The topological polar surface area (TPSA) is 74.6 Å². The van der Waals surface area contributed by atoms with Crippen molar-refractivity contribution in [2.75, 3.05) is 13.1 Å². The van der Waals surface area contributed by atoms with E-state index < -0.39 is 11.8 Å². The number of hydrogen-bond acceptors (Lipinski definition) is 4. The number of hydrogen-bond donors (Lipinski definition) is 2. The predicted octanol–water partition coefficient (Wildman–Crippen LogP) is 2.55. The number of fused-ring (bicyclic) bond motifs is 1. The third-order valence-corrected chi connectivity index (χ3v) is 5.83. The van der Waals surface area contributed by atoms with E-state index in [2.05, 4.69) is 39.8 Å². The molecular weight excluding hydrogens is 354 g/mol. The first-order valence-corrected chi connectivity index (χ1v) is 10.1. The van der Waals surface area contributed by atoms with Crippen LogP contribution in [0.15, 0.2) is 47.1 Å². The maximum atomic E-state index is 12.3. The predicted molar refractivity (Wildman–Crippen MR) is 105 cm³/mol. The summed E-state index contributed by atoms with van der Waals surface area (Å²) >= 11 is 0. The van der Waals surface area contributed by atoms with E-state index in [1.807, 2.05) is 12.1 Å². The molecule has 2 aromatic rings. The summed E-state index contributed by atoms with van der Waals surface area (Å²) in [6.45, 7) is 2.02. The van der Waals surface area contributed by atoms with Crippen LogP contribution in [0.5, 0.6) is 0 Å². The Balaban J connectivity index is 1.40. The van der Waals surface area contributed by atoms with Crippen LogP contribution in [0, 0.1) is 0 Å². The number of rotatable bonds is 5. The average Bonchev–Trinajstić information content (AvgIpc) is 3.42. The van der Waals surface area contributed by atoms with Gasteiger partial charge in [-0.05, 0) is 42.5 Å². The van der Waals surface area contributed by atoms with Crippen molar-refractivity contribution in [2.45, 2.75) is 50.7 Å². The zero-order valence-electron chi connectivity index (χ0n) is 16.0. The molecule has 148 valence electrons. The van der Waals surface area contributed by atoms with Gasteiger partial charge in [0.1, 0.15) is 5.76 Å². The van der Waals surface area contributed by atoms with Crippen LogP contribution in [-0.4, -0.2) is 35.8 Å². The Morgan fingerprint density at radius 1 is 1.07 bits per heavy atom. The lowest BCUT2D eigenvalue weighted by Crippen LogP contribution is -2.47. The summed E-state index contributed by atoms with van der Waals surface area (Å²) in [5, 5.41) is 5.66. The van der Waals surface area contributed by atoms with E-state index in [0.29, 0.717) is 6.54 Å². The number of furan rings is 1. The minimum absolute atomic E-state index is 0.105. The highest BCUT2D eigenvalue weighted by Gasteiger charge is 2.28. The van der Waals surface area contributed by atoms with Gasteiger partial charge in [-0.1, -0.05) is 37.1 Å². The summed E-state index contributed by atoms with van der Waals surface area (Å²) in [6.07, 6.45) is 6.76. The third-order valence-electron chi connectivity index (χ3n) is 5.83. The monoisotopic (exact) mass is 381 g/mol. The largest absolute Gasteiger partial charge is 0.468 e. The molecule has 4 rings (SSSR count). The second kappa shape index (κ2) is 8.61. The number of benzene rings is 1. The van der Waals surface area contributed by atoms with Crippen LogP contribution >= 0.6 is 0 Å². The van der Waals surface area contributed by atoms with E-state index >= 15 is 0 Å². The summed E-state index contributed by atoms with van der Waals surface area (Å²) in [5.41, 5.74) is 2.67. The number of nitrogens with zero attached hydrogens (tertiary/aromatic N) is 1. The molecule has 1 saturated carbocycles. The minimum atomic E-state index is -0.569. The molecule has 0 bridgehead atoms. The first kappa shape index (κ1) is 18.7. The van der Waals surface area contributed by atoms with Gasteiger partial charge in [-0.15, -0.1) is 0 Å². The van der Waals surface area contributed by atoms with Crippen molar-refractivity contribution in [3.63, 3.8) is 0 Å². The standard InChI is InChI=1S/C22H27N3O3/c26-21(22(27)24-18-8-3-4-9-18)23-14-19(20-10-5-13-28-20)25-12-11-16-6-1-2-7-17(16)15-25/h1-2,5-7,10,13,18-19H,3-4,8-9,11-12,14-15H2,(H,23,26)(H,24,27)/t19-/m0/s1. The minimum Gasteiger partial charge on any atom is -0.468 e. The van der Waals surface area contributed by atoms with Crippen molar-refractivity contribution < 1.29 is 14.0 Å². The van der Waals surface area contributed by atoms with Gasteiger partial charge < -0.3 is 15.1 Å². The average molecular weight is 381 g/mol. The van der Waals surface area contributed by atoms with Crippen molar-refractivity contribution >= 4 is 11.8 Å². The molecule has 28 heavy (non-hydrogen) atoms. The molecule has 0 unspecified atom stereocenters. The normalized spacial score (nSPS) is 18.4. The van der Waals surface area contributed by atoms with Crippen LogP contribution in [0.25, 0.3) is 0 Å². The summed E-state index contributed by atoms with van der Waals surface area (Å²) in [4.78, 5) is 26.8. The van der Waals surface area contributed by atoms with Crippen molar-refractivity contribution in [1.82, 2.24) is 15.5 Å². The lowest BCUT2D eigenvalue weighted by Gasteiger charge is -2.34. The van der Waals surface area contributed by atoms with Crippen molar-refractivity contribution in [3.05, 3.63) is 59.5 Å². The molecule has 6 heteroatoms. The van der Waals surface area contributed by atoms with Gasteiger partial charge in [0.25, 0.3) is 0 Å². The van der Waals surface area contributed by atoms with Gasteiger partial charge in [-0.3, -0.25) is 14.5 Å². The molecule has 2 N–H and O–H groups in total. The van der Waals surface area contributed by atoms with Crippen LogP contribution in [0.3, 0.4) is 0 Å². The fourth-order valence-electron chi connectivity index (χ4n) is 4.26. The summed E-state index contributed by atoms with van der Waals surface area (Å²) < 4.78 is 5.64. The molecule has 1 aliphatic heterocycles. The number of carbonyl (C=O) groups is 2. The van der Waals surface area contributed by atoms with Gasteiger partial charge in [0.05, 0.1) is 12.3 Å². The maximum Gasteiger partial charge on any atom is 0.309 e. The van der Waals surface area contributed by atoms with E-state index in [1.54, 1.807) is 6.26 Å². The molecule has 0 spiro atoms. The van der Waals surface area contributed by atoms with E-state index in [4.69, 9.17) is 4.42 Å². The molecule has 1 fully saturated rings. The lowest BCUT2D eigenvalue weighted by molar-refractivity contribution is -0.139. The molecule has 6 nitrogen and oxygen atoms in total. The van der Waals surface area contributed by atoms with Crippen LogP contribution in [0.4, 0.5) is 0 Å². The molecule has 1 atom stereocenters. The van der Waals surface area contributed by atoms with E-state index in [0.717, 1.165) is 51.0 Å². The lowest BCUT2D eigenvalue weighted by atomic mass is 9.98. The Morgan fingerprint density at radius 3 is 2.61 bits per heavy atom. The first-order chi connectivity index (χ1) is 13.7. The summed E-state index contributed by atoms with van der Waals surface area (Å²) in [5.74, 6) is -0.300. The molecule has 0 saturated heterocycles. The van der Waals surface area contributed by atoms with Crippen LogP contribution in [0.2, 0.25) is 0 Å².